The van der Waals surface area contributed by atoms with E-state index in [1.54, 1.807) is 0 Å². The van der Waals surface area contributed by atoms with E-state index >= 15 is 0 Å². The second kappa shape index (κ2) is 6.89. The van der Waals surface area contributed by atoms with Crippen LogP contribution in [-0.2, 0) is 0 Å². The number of hydrogen-bond donors (Lipinski definition) is 2. The fourth-order valence-corrected chi connectivity index (χ4v) is 2.82. The number of nitrogens with one attached hydrogen (secondary N) is 1. The van der Waals surface area contributed by atoms with Crippen molar-refractivity contribution in [1.29, 1.82) is 0 Å². The average molecular weight is 332 g/mol. The van der Waals surface area contributed by atoms with Crippen LogP contribution < -0.4 is 5.32 Å². The van der Waals surface area contributed by atoms with Crippen LogP contribution in [0.2, 0.25) is 0 Å². The van der Waals surface area contributed by atoms with Gasteiger partial charge < -0.3 is 10.4 Å². The third-order valence-electron chi connectivity index (χ3n) is 3.63. The van der Waals surface area contributed by atoms with Gasteiger partial charge in [0.2, 0.25) is 0 Å². The summed E-state index contributed by atoms with van der Waals surface area (Å²) in [6.07, 6.45) is 1.80. The molecule has 0 atom stereocenters. The molecule has 0 aromatic heterocycles. The number of phenols is 1. The molecule has 1 aromatic rings. The Bertz CT molecular complexity index is 419. The van der Waals surface area contributed by atoms with E-state index in [9.17, 15) is 14.3 Å². The molecule has 0 heterocycles. The van der Waals surface area contributed by atoms with Gasteiger partial charge in [-0.05, 0) is 30.4 Å². The maximum Gasteiger partial charge on any atom is 0.258 e. The largest absolute Gasteiger partial charge is 0.507 e. The standard InChI is InChI=1S/C14H19BrFNO2/c1-3-14(4-2,8-15)9-17-13(19)12-10(16)6-5-7-11(12)18/h5-7,18H,3-4,8-9H2,1-2H3,(H,17,19). The third-order valence-corrected chi connectivity index (χ3v) is 4.82. The van der Waals surface area contributed by atoms with Crippen LogP contribution in [0.1, 0.15) is 37.0 Å². The molecule has 0 bridgehead atoms. The first-order valence-corrected chi connectivity index (χ1v) is 7.43. The molecule has 0 radical (unpaired) electrons. The molecule has 0 spiro atoms. The molecule has 19 heavy (non-hydrogen) atoms. The molecule has 0 aliphatic rings. The summed E-state index contributed by atoms with van der Waals surface area (Å²) in [6.45, 7) is 4.55. The van der Waals surface area contributed by atoms with Gasteiger partial charge in [-0.15, -0.1) is 0 Å². The van der Waals surface area contributed by atoms with Crippen LogP contribution in [0.15, 0.2) is 18.2 Å². The number of phenolic OH excluding ortho intramolecular Hbond substituents is 1. The zero-order valence-electron chi connectivity index (χ0n) is 11.2. The Hall–Kier alpha value is -1.10. The Morgan fingerprint density at radius 3 is 2.53 bits per heavy atom. The van der Waals surface area contributed by atoms with Gasteiger partial charge in [0.1, 0.15) is 17.1 Å². The molecule has 0 aliphatic carbocycles. The zero-order valence-corrected chi connectivity index (χ0v) is 12.8. The predicted octanol–water partition coefficient (Wildman–Crippen LogP) is 3.46. The number of benzene rings is 1. The van der Waals surface area contributed by atoms with Gasteiger partial charge in [0.25, 0.3) is 5.91 Å². The first-order chi connectivity index (χ1) is 8.99. The molecule has 0 saturated heterocycles. The highest BCUT2D eigenvalue weighted by Crippen LogP contribution is 2.28. The van der Waals surface area contributed by atoms with Crippen LogP contribution in [0.3, 0.4) is 0 Å². The smallest absolute Gasteiger partial charge is 0.258 e. The van der Waals surface area contributed by atoms with E-state index < -0.39 is 11.7 Å². The van der Waals surface area contributed by atoms with Crippen molar-refractivity contribution in [2.24, 2.45) is 5.41 Å². The van der Waals surface area contributed by atoms with Crippen LogP contribution in [0.4, 0.5) is 4.39 Å². The molecule has 0 saturated carbocycles. The van der Waals surface area contributed by atoms with Crippen molar-refractivity contribution in [2.45, 2.75) is 26.7 Å². The minimum Gasteiger partial charge on any atom is -0.507 e. The van der Waals surface area contributed by atoms with Gasteiger partial charge in [0.05, 0.1) is 0 Å². The van der Waals surface area contributed by atoms with Crippen molar-refractivity contribution >= 4 is 21.8 Å². The number of amides is 1. The SMILES string of the molecule is CCC(CC)(CBr)CNC(=O)c1c(O)cccc1F. The molecule has 0 aliphatic heterocycles. The van der Waals surface area contributed by atoms with E-state index in [4.69, 9.17) is 0 Å². The van der Waals surface area contributed by atoms with Gasteiger partial charge in [-0.25, -0.2) is 4.39 Å². The summed E-state index contributed by atoms with van der Waals surface area (Å²) in [7, 11) is 0. The van der Waals surface area contributed by atoms with Crippen LogP contribution >= 0.6 is 15.9 Å². The lowest BCUT2D eigenvalue weighted by Crippen LogP contribution is -2.38. The van der Waals surface area contributed by atoms with Crippen molar-refractivity contribution in [3.63, 3.8) is 0 Å². The third kappa shape index (κ3) is 3.69. The van der Waals surface area contributed by atoms with Crippen LogP contribution in [0, 0.1) is 11.2 Å². The normalized spacial score (nSPS) is 11.4. The maximum absolute atomic E-state index is 13.5. The fourth-order valence-electron chi connectivity index (χ4n) is 1.83. The molecule has 0 fully saturated rings. The van der Waals surface area contributed by atoms with E-state index in [1.807, 2.05) is 0 Å². The average Bonchev–Trinajstić information content (AvgIpc) is 2.41. The Morgan fingerprint density at radius 2 is 2.05 bits per heavy atom. The number of alkyl halides is 1. The van der Waals surface area contributed by atoms with E-state index in [-0.39, 0.29) is 16.7 Å². The maximum atomic E-state index is 13.5. The number of carbonyl (C=O) groups excluding carboxylic acids is 1. The van der Waals surface area contributed by atoms with E-state index in [2.05, 4.69) is 35.1 Å². The highest BCUT2D eigenvalue weighted by molar-refractivity contribution is 9.09. The van der Waals surface area contributed by atoms with Gasteiger partial charge in [-0.2, -0.15) is 0 Å². The molecule has 1 aromatic carbocycles. The van der Waals surface area contributed by atoms with Crippen molar-refractivity contribution < 1.29 is 14.3 Å². The number of rotatable bonds is 6. The molecular formula is C14H19BrFNO2. The highest BCUT2D eigenvalue weighted by Gasteiger charge is 2.26. The van der Waals surface area contributed by atoms with E-state index in [0.29, 0.717) is 6.54 Å². The fraction of sp³-hybridized carbons (Fsp3) is 0.500. The first kappa shape index (κ1) is 16.0. The Labute approximate surface area is 121 Å². The molecule has 0 unspecified atom stereocenters. The number of carbonyl (C=O) groups is 1. The van der Waals surface area contributed by atoms with Crippen LogP contribution in [-0.4, -0.2) is 22.9 Å². The van der Waals surface area contributed by atoms with E-state index in [1.165, 1.54) is 12.1 Å². The zero-order chi connectivity index (χ0) is 14.5. The van der Waals surface area contributed by atoms with Crippen LogP contribution in [0.5, 0.6) is 5.75 Å². The number of halogens is 2. The lowest BCUT2D eigenvalue weighted by molar-refractivity contribution is 0.0925. The summed E-state index contributed by atoms with van der Waals surface area (Å²) in [6, 6.07) is 3.82. The summed E-state index contributed by atoms with van der Waals surface area (Å²) < 4.78 is 13.5. The summed E-state index contributed by atoms with van der Waals surface area (Å²) in [5.41, 5.74) is -0.338. The minimum absolute atomic E-state index is 0.0451. The molecule has 1 rings (SSSR count). The highest BCUT2D eigenvalue weighted by atomic mass is 79.9. The lowest BCUT2D eigenvalue weighted by atomic mass is 9.84. The van der Waals surface area contributed by atoms with Gasteiger partial charge in [0.15, 0.2) is 0 Å². The monoisotopic (exact) mass is 331 g/mol. The van der Waals surface area contributed by atoms with Gasteiger partial charge in [-0.3, -0.25) is 4.79 Å². The van der Waals surface area contributed by atoms with Crippen LogP contribution in [0.25, 0.3) is 0 Å². The van der Waals surface area contributed by atoms with Crippen molar-refractivity contribution in [3.8, 4) is 5.75 Å². The predicted molar refractivity (Wildman–Crippen MR) is 77.2 cm³/mol. The quantitative estimate of drug-likeness (QED) is 0.784. The lowest BCUT2D eigenvalue weighted by Gasteiger charge is -2.29. The van der Waals surface area contributed by atoms with Crippen molar-refractivity contribution in [1.82, 2.24) is 5.32 Å². The van der Waals surface area contributed by atoms with E-state index in [0.717, 1.165) is 24.2 Å². The molecule has 106 valence electrons. The molecule has 2 N–H and O–H groups in total. The Balaban J connectivity index is 2.81. The summed E-state index contributed by atoms with van der Waals surface area (Å²) in [4.78, 5) is 12.0. The second-order valence-corrected chi connectivity index (χ2v) is 5.22. The number of aromatic hydroxyl groups is 1. The summed E-state index contributed by atoms with van der Waals surface area (Å²) in [5, 5.41) is 13.0. The molecular weight excluding hydrogens is 313 g/mol. The molecule has 5 heteroatoms. The summed E-state index contributed by atoms with van der Waals surface area (Å²) >= 11 is 3.45. The molecule has 3 nitrogen and oxygen atoms in total. The minimum atomic E-state index is -0.713. The van der Waals surface area contributed by atoms with Crippen molar-refractivity contribution in [2.75, 3.05) is 11.9 Å². The second-order valence-electron chi connectivity index (χ2n) is 4.66. The Kier molecular flexibility index (Phi) is 5.79. The van der Waals surface area contributed by atoms with Gasteiger partial charge >= 0.3 is 0 Å². The molecule has 1 amide bonds. The first-order valence-electron chi connectivity index (χ1n) is 6.31. The van der Waals surface area contributed by atoms with Gasteiger partial charge in [-0.1, -0.05) is 35.8 Å². The Morgan fingerprint density at radius 1 is 1.42 bits per heavy atom. The van der Waals surface area contributed by atoms with Gasteiger partial charge in [0, 0.05) is 11.9 Å². The summed E-state index contributed by atoms with van der Waals surface area (Å²) in [5.74, 6) is -1.63. The van der Waals surface area contributed by atoms with Crippen molar-refractivity contribution in [3.05, 3.63) is 29.6 Å². The topological polar surface area (TPSA) is 49.3 Å². The number of hydrogen-bond acceptors (Lipinski definition) is 2.